The summed E-state index contributed by atoms with van der Waals surface area (Å²) in [6.07, 6.45) is 5.22. The van der Waals surface area contributed by atoms with Crippen LogP contribution in [0.15, 0.2) is 36.4 Å². The molecule has 1 aromatic rings. The molecule has 2 amide bonds. The van der Waals surface area contributed by atoms with E-state index in [2.05, 4.69) is 34.5 Å². The molecule has 22 heavy (non-hydrogen) atoms. The highest BCUT2D eigenvalue weighted by Gasteiger charge is 2.25. The zero-order valence-electron chi connectivity index (χ0n) is 12.7. The van der Waals surface area contributed by atoms with Gasteiger partial charge < -0.3 is 20.2 Å². The number of amides is 2. The monoisotopic (exact) mass is 301 g/mol. The molecule has 1 aromatic carbocycles. The third-order valence-corrected chi connectivity index (χ3v) is 4.37. The summed E-state index contributed by atoms with van der Waals surface area (Å²) in [5, 5.41) is 12.1. The van der Waals surface area contributed by atoms with E-state index in [9.17, 15) is 4.79 Å². The highest BCUT2D eigenvalue weighted by Crippen LogP contribution is 2.19. The van der Waals surface area contributed by atoms with Gasteiger partial charge in [0.1, 0.15) is 0 Å². The molecule has 0 aromatic heterocycles. The van der Waals surface area contributed by atoms with Crippen LogP contribution in [-0.4, -0.2) is 48.8 Å². The van der Waals surface area contributed by atoms with Gasteiger partial charge in [-0.25, -0.2) is 4.79 Å². The van der Waals surface area contributed by atoms with Crippen LogP contribution in [0.5, 0.6) is 0 Å². The predicted molar refractivity (Wildman–Crippen MR) is 86.8 cm³/mol. The van der Waals surface area contributed by atoms with E-state index in [1.54, 1.807) is 4.90 Å². The van der Waals surface area contributed by atoms with Gasteiger partial charge >= 0.3 is 6.03 Å². The summed E-state index contributed by atoms with van der Waals surface area (Å²) in [5.74, 6) is 0.233. The first-order valence-electron chi connectivity index (χ1n) is 7.89. The van der Waals surface area contributed by atoms with Crippen LogP contribution in [-0.2, 0) is 6.54 Å². The van der Waals surface area contributed by atoms with Gasteiger partial charge in [-0.3, -0.25) is 0 Å². The number of aliphatic hydroxyl groups excluding tert-OH is 1. The fraction of sp³-hybridized carbons (Fsp3) is 0.471. The summed E-state index contributed by atoms with van der Waals surface area (Å²) < 4.78 is 0. The van der Waals surface area contributed by atoms with E-state index in [0.29, 0.717) is 13.1 Å². The molecule has 2 heterocycles. The zero-order chi connectivity index (χ0) is 15.4. The Labute approximate surface area is 131 Å². The van der Waals surface area contributed by atoms with E-state index >= 15 is 0 Å². The molecule has 0 spiro atoms. The maximum Gasteiger partial charge on any atom is 0.317 e. The lowest BCUT2D eigenvalue weighted by Gasteiger charge is -2.19. The Morgan fingerprint density at radius 3 is 2.86 bits per heavy atom. The number of aliphatic hydroxyl groups is 1. The fourth-order valence-corrected chi connectivity index (χ4v) is 3.01. The quantitative estimate of drug-likeness (QED) is 0.830. The Hall–Kier alpha value is -2.01. The van der Waals surface area contributed by atoms with Crippen LogP contribution in [0.2, 0.25) is 0 Å². The normalized spacial score (nSPS) is 20.7. The van der Waals surface area contributed by atoms with E-state index in [0.717, 1.165) is 31.6 Å². The molecule has 0 bridgehead atoms. The van der Waals surface area contributed by atoms with Gasteiger partial charge in [0.05, 0.1) is 0 Å². The minimum atomic E-state index is -0.0378. The summed E-state index contributed by atoms with van der Waals surface area (Å²) in [7, 11) is 0. The summed E-state index contributed by atoms with van der Waals surface area (Å²) in [6, 6.07) is 8.27. The summed E-state index contributed by atoms with van der Waals surface area (Å²) in [5.41, 5.74) is 2.30. The zero-order valence-corrected chi connectivity index (χ0v) is 12.7. The molecule has 0 radical (unpaired) electrons. The number of carbonyl (C=O) groups excluding carboxylic acids is 1. The van der Waals surface area contributed by atoms with Gasteiger partial charge in [-0.2, -0.15) is 0 Å². The summed E-state index contributed by atoms with van der Waals surface area (Å²) >= 11 is 0. The standard InChI is InChI=1S/C17H23N3O2/c21-13-15-6-9-20(12-15)17(22)18-11-14-4-3-5-16(10-14)19-7-1-2-8-19/h1-5,10,15,21H,6-9,11-13H2,(H,18,22). The fourth-order valence-electron chi connectivity index (χ4n) is 3.01. The van der Waals surface area contributed by atoms with E-state index in [-0.39, 0.29) is 18.6 Å². The number of likely N-dealkylation sites (tertiary alicyclic amines) is 1. The minimum Gasteiger partial charge on any atom is -0.396 e. The van der Waals surface area contributed by atoms with E-state index in [1.165, 1.54) is 5.69 Å². The summed E-state index contributed by atoms with van der Waals surface area (Å²) in [4.78, 5) is 16.2. The van der Waals surface area contributed by atoms with Crippen molar-refractivity contribution in [2.45, 2.75) is 13.0 Å². The molecule has 1 unspecified atom stereocenters. The van der Waals surface area contributed by atoms with Crippen LogP contribution >= 0.6 is 0 Å². The Kier molecular flexibility index (Phi) is 4.63. The van der Waals surface area contributed by atoms with Gasteiger partial charge in [0.2, 0.25) is 0 Å². The number of nitrogens with zero attached hydrogens (tertiary/aromatic N) is 2. The van der Waals surface area contributed by atoms with Gasteiger partial charge in [0.25, 0.3) is 0 Å². The van der Waals surface area contributed by atoms with Gasteiger partial charge in [-0.05, 0) is 24.1 Å². The average Bonchev–Trinajstić information content (AvgIpc) is 3.24. The number of nitrogens with one attached hydrogen (secondary N) is 1. The van der Waals surface area contributed by atoms with Gasteiger partial charge in [-0.1, -0.05) is 24.3 Å². The van der Waals surface area contributed by atoms with Crippen molar-refractivity contribution in [1.29, 1.82) is 0 Å². The highest BCUT2D eigenvalue weighted by atomic mass is 16.3. The Morgan fingerprint density at radius 1 is 1.32 bits per heavy atom. The summed E-state index contributed by atoms with van der Waals surface area (Å²) in [6.45, 7) is 3.99. The van der Waals surface area contributed by atoms with E-state index < -0.39 is 0 Å². The molecule has 1 fully saturated rings. The number of benzene rings is 1. The second kappa shape index (κ2) is 6.83. The first kappa shape index (κ1) is 14.9. The van der Waals surface area contributed by atoms with Crippen molar-refractivity contribution in [3.05, 3.63) is 42.0 Å². The number of hydrogen-bond donors (Lipinski definition) is 2. The number of hydrogen-bond acceptors (Lipinski definition) is 3. The SMILES string of the molecule is O=C(NCc1cccc(N2CC=CC2)c1)N1CCC(CO)C1. The topological polar surface area (TPSA) is 55.8 Å². The van der Waals surface area contributed by atoms with Crippen molar-refractivity contribution in [2.24, 2.45) is 5.92 Å². The maximum absolute atomic E-state index is 12.1. The van der Waals surface area contributed by atoms with Gasteiger partial charge in [0.15, 0.2) is 0 Å². The van der Waals surface area contributed by atoms with Crippen molar-refractivity contribution in [2.75, 3.05) is 37.7 Å². The van der Waals surface area contributed by atoms with Crippen molar-refractivity contribution >= 4 is 11.7 Å². The molecule has 1 saturated heterocycles. The van der Waals surface area contributed by atoms with Crippen molar-refractivity contribution in [3.63, 3.8) is 0 Å². The van der Waals surface area contributed by atoms with Gasteiger partial charge in [-0.15, -0.1) is 0 Å². The smallest absolute Gasteiger partial charge is 0.317 e. The molecule has 2 aliphatic rings. The molecule has 2 aliphatic heterocycles. The molecule has 3 rings (SSSR count). The second-order valence-electron chi connectivity index (χ2n) is 5.99. The first-order chi connectivity index (χ1) is 10.8. The number of urea groups is 1. The molecule has 2 N–H and O–H groups in total. The van der Waals surface area contributed by atoms with E-state index in [1.807, 2.05) is 12.1 Å². The van der Waals surface area contributed by atoms with Crippen molar-refractivity contribution in [3.8, 4) is 0 Å². The largest absolute Gasteiger partial charge is 0.396 e. The third kappa shape index (κ3) is 3.42. The molecular weight excluding hydrogens is 278 g/mol. The second-order valence-corrected chi connectivity index (χ2v) is 5.99. The van der Waals surface area contributed by atoms with Crippen LogP contribution in [0, 0.1) is 5.92 Å². The lowest BCUT2D eigenvalue weighted by atomic mass is 10.1. The van der Waals surface area contributed by atoms with Crippen LogP contribution in [0.1, 0.15) is 12.0 Å². The molecule has 5 heteroatoms. The van der Waals surface area contributed by atoms with Gasteiger partial charge in [0, 0.05) is 50.9 Å². The Bertz CT molecular complexity index is 551. The van der Waals surface area contributed by atoms with Crippen LogP contribution in [0.25, 0.3) is 0 Å². The average molecular weight is 301 g/mol. The van der Waals surface area contributed by atoms with Crippen molar-refractivity contribution in [1.82, 2.24) is 10.2 Å². The highest BCUT2D eigenvalue weighted by molar-refractivity contribution is 5.74. The first-order valence-corrected chi connectivity index (χ1v) is 7.89. The molecule has 0 aliphatic carbocycles. The third-order valence-electron chi connectivity index (χ3n) is 4.37. The van der Waals surface area contributed by atoms with E-state index in [4.69, 9.17) is 5.11 Å². The Balaban J connectivity index is 1.53. The molecule has 118 valence electrons. The van der Waals surface area contributed by atoms with Crippen LogP contribution in [0.3, 0.4) is 0 Å². The molecule has 5 nitrogen and oxygen atoms in total. The minimum absolute atomic E-state index is 0.0378. The maximum atomic E-state index is 12.1. The van der Waals surface area contributed by atoms with Crippen molar-refractivity contribution < 1.29 is 9.90 Å². The number of rotatable bonds is 4. The van der Waals surface area contributed by atoms with Crippen LogP contribution < -0.4 is 10.2 Å². The molecular formula is C17H23N3O2. The lowest BCUT2D eigenvalue weighted by Crippen LogP contribution is -2.38. The molecule has 0 saturated carbocycles. The predicted octanol–water partition coefficient (Wildman–Crippen LogP) is 1.59. The van der Waals surface area contributed by atoms with Crippen LogP contribution in [0.4, 0.5) is 10.5 Å². The number of carbonyl (C=O) groups is 1. The lowest BCUT2D eigenvalue weighted by molar-refractivity contribution is 0.198. The Morgan fingerprint density at radius 2 is 2.14 bits per heavy atom. The molecule has 1 atom stereocenters. The number of anilines is 1.